The van der Waals surface area contributed by atoms with Gasteiger partial charge in [-0.1, -0.05) is 27.7 Å². The summed E-state index contributed by atoms with van der Waals surface area (Å²) in [4.78, 5) is 24.0. The van der Waals surface area contributed by atoms with Crippen molar-refractivity contribution < 1.29 is 78.5 Å². The van der Waals surface area contributed by atoms with Gasteiger partial charge < -0.3 is 68.9 Å². The van der Waals surface area contributed by atoms with Crippen LogP contribution in [0.5, 0.6) is 0 Å². The van der Waals surface area contributed by atoms with Gasteiger partial charge in [-0.25, -0.2) is 0 Å². The van der Waals surface area contributed by atoms with Crippen molar-refractivity contribution in [1.82, 2.24) is 0 Å². The Morgan fingerprint density at radius 2 is 1.44 bits per heavy atom. The summed E-state index contributed by atoms with van der Waals surface area (Å²) < 4.78 is 43.3. The van der Waals surface area contributed by atoms with Crippen molar-refractivity contribution in [2.75, 3.05) is 13.2 Å². The number of aliphatic hydroxyl groups is 7. The highest BCUT2D eigenvalue weighted by Crippen LogP contribution is 2.89. The summed E-state index contributed by atoms with van der Waals surface area (Å²) in [6.07, 6.45) is -7.78. The van der Waals surface area contributed by atoms with Crippen LogP contribution in [0.25, 0.3) is 0 Å². The fourth-order valence-corrected chi connectivity index (χ4v) is 15.5. The maximum Gasteiger partial charge on any atom is 0.303 e. The van der Waals surface area contributed by atoms with Crippen LogP contribution in [0.4, 0.5) is 0 Å². The molecule has 3 aliphatic heterocycles. The third-order valence-corrected chi connectivity index (χ3v) is 18.2. The van der Waals surface area contributed by atoms with E-state index in [1.165, 1.54) is 13.8 Å². The molecule has 3 unspecified atom stereocenters. The van der Waals surface area contributed by atoms with Gasteiger partial charge in [0.1, 0.15) is 30.5 Å². The second-order valence-corrected chi connectivity index (χ2v) is 22.2. The van der Waals surface area contributed by atoms with E-state index in [0.29, 0.717) is 25.7 Å². The zero-order valence-electron chi connectivity index (χ0n) is 37.3. The molecule has 2 spiro atoms. The van der Waals surface area contributed by atoms with E-state index in [9.17, 15) is 45.3 Å². The van der Waals surface area contributed by atoms with Gasteiger partial charge in [-0.05, 0) is 117 Å². The molecule has 7 N–H and O–H groups in total. The third-order valence-electron chi connectivity index (χ3n) is 18.2. The number of hydrogen-bond acceptors (Lipinski definition) is 16. The summed E-state index contributed by atoms with van der Waals surface area (Å²) in [5.41, 5.74) is -3.43. The largest absolute Gasteiger partial charge is 0.456 e. The summed E-state index contributed by atoms with van der Waals surface area (Å²) in [5, 5.41) is 77.8. The highest BCUT2D eigenvalue weighted by Gasteiger charge is 2.85. The molecule has 0 amide bonds. The average molecular weight is 869 g/mol. The van der Waals surface area contributed by atoms with Crippen molar-refractivity contribution in [3.05, 3.63) is 0 Å². The molecule has 21 atom stereocenters. The number of fused-ring (bicyclic) bond motifs is 2. The minimum absolute atomic E-state index is 0.0686. The average Bonchev–Trinajstić information content (AvgIpc) is 3.52. The maximum atomic E-state index is 12.3. The van der Waals surface area contributed by atoms with Crippen molar-refractivity contribution in [3.8, 4) is 0 Å². The Hall–Kier alpha value is -1.54. The molecule has 0 aromatic heterocycles. The molecule has 0 radical (unpaired) electrons. The number of aliphatic hydroxyl groups excluding tert-OH is 6. The fraction of sp³-hybridized carbons (Fsp3) is 0.956. The van der Waals surface area contributed by atoms with Gasteiger partial charge in [0.15, 0.2) is 24.8 Å². The van der Waals surface area contributed by atoms with E-state index < -0.39 is 109 Å². The predicted octanol–water partition coefficient (Wildman–Crippen LogP) is 1.87. The minimum atomic E-state index is -1.63. The third kappa shape index (κ3) is 6.89. The minimum Gasteiger partial charge on any atom is -0.456 e. The monoisotopic (exact) mass is 868 g/mol. The van der Waals surface area contributed by atoms with Gasteiger partial charge in [0, 0.05) is 19.8 Å². The first-order valence-corrected chi connectivity index (χ1v) is 22.6. The van der Waals surface area contributed by atoms with E-state index in [1.807, 2.05) is 0 Å². The van der Waals surface area contributed by atoms with Crippen LogP contribution in [-0.4, -0.2) is 152 Å². The first-order chi connectivity index (χ1) is 28.3. The topological polar surface area (TPSA) is 240 Å². The fourth-order valence-electron chi connectivity index (χ4n) is 15.5. The van der Waals surface area contributed by atoms with Crippen molar-refractivity contribution in [2.24, 2.45) is 44.8 Å². The molecule has 3 heterocycles. The molecule has 0 aromatic carbocycles. The Labute approximate surface area is 358 Å². The second-order valence-electron chi connectivity index (χ2n) is 22.2. The molecule has 61 heavy (non-hydrogen) atoms. The van der Waals surface area contributed by atoms with E-state index in [-0.39, 0.29) is 52.1 Å². The maximum absolute atomic E-state index is 12.3. The summed E-state index contributed by atoms with van der Waals surface area (Å²) >= 11 is 0. The molecule has 0 aromatic rings. The van der Waals surface area contributed by atoms with Gasteiger partial charge in [-0.2, -0.15) is 0 Å². The Bertz CT molecular complexity index is 1680. The van der Waals surface area contributed by atoms with Gasteiger partial charge in [-0.15, -0.1) is 0 Å². The number of rotatable bonds is 9. The van der Waals surface area contributed by atoms with Crippen LogP contribution < -0.4 is 0 Å². The molecule has 3 saturated heterocycles. The van der Waals surface area contributed by atoms with Gasteiger partial charge in [0.2, 0.25) is 0 Å². The molecule has 8 rings (SSSR count). The molecule has 0 bridgehead atoms. The summed E-state index contributed by atoms with van der Waals surface area (Å²) in [7, 11) is 0. The summed E-state index contributed by atoms with van der Waals surface area (Å²) in [6.45, 7) is 16.2. The number of hydrogen-bond donors (Lipinski definition) is 7. The van der Waals surface area contributed by atoms with Crippen LogP contribution in [-0.2, 0) is 42.7 Å². The highest BCUT2D eigenvalue weighted by atomic mass is 16.7. The van der Waals surface area contributed by atoms with Crippen molar-refractivity contribution >= 4 is 11.9 Å². The number of carbonyl (C=O) groups excluding carboxylic acids is 2. The SMILES string of the molecule is CC(=O)O[C@@H]1[C@@H](O)[C@H](O[C@H]2CC[C@]34CC35CC[C@]3(C)[C@@H]([C@]6(C)CC[C@@H](C(C)(C)O)O6)[C@@H](O)C[C@@]3(C)C5C[C@H](O[C@@H]3O[C@H](CO)[C@@H](O)[C@H](O)[C@H]3O)C4C2(C)C)OC[C@H]1OC(C)=O. The lowest BCUT2D eigenvalue weighted by molar-refractivity contribution is -0.339. The predicted molar refractivity (Wildman–Crippen MR) is 213 cm³/mol. The van der Waals surface area contributed by atoms with E-state index in [4.69, 9.17) is 33.2 Å². The molecule has 16 nitrogen and oxygen atoms in total. The van der Waals surface area contributed by atoms with Crippen molar-refractivity contribution in [3.63, 3.8) is 0 Å². The number of carbonyl (C=O) groups is 2. The van der Waals surface area contributed by atoms with Crippen molar-refractivity contribution in [2.45, 2.75) is 211 Å². The Balaban J connectivity index is 1.13. The zero-order valence-corrected chi connectivity index (χ0v) is 37.3. The molecule has 5 saturated carbocycles. The highest BCUT2D eigenvalue weighted by molar-refractivity contribution is 5.67. The van der Waals surface area contributed by atoms with Crippen LogP contribution in [0.3, 0.4) is 0 Å². The normalized spacial score (nSPS) is 53.8. The smallest absolute Gasteiger partial charge is 0.303 e. The van der Waals surface area contributed by atoms with Gasteiger partial charge in [-0.3, -0.25) is 9.59 Å². The Morgan fingerprint density at radius 1 is 0.754 bits per heavy atom. The van der Waals surface area contributed by atoms with E-state index in [0.717, 1.165) is 32.1 Å². The van der Waals surface area contributed by atoms with Gasteiger partial charge in [0.05, 0.1) is 48.8 Å². The van der Waals surface area contributed by atoms with Gasteiger partial charge in [0.25, 0.3) is 0 Å². The zero-order chi connectivity index (χ0) is 44.6. The molecule has 8 aliphatic rings. The van der Waals surface area contributed by atoms with E-state index in [1.54, 1.807) is 13.8 Å². The number of ether oxygens (including phenoxy) is 7. The van der Waals surface area contributed by atoms with Crippen LogP contribution >= 0.6 is 0 Å². The lowest BCUT2D eigenvalue weighted by atomic mass is 9.41. The van der Waals surface area contributed by atoms with Crippen LogP contribution in [0.2, 0.25) is 0 Å². The first kappa shape index (κ1) is 46.0. The van der Waals surface area contributed by atoms with Crippen molar-refractivity contribution in [1.29, 1.82) is 0 Å². The quantitative estimate of drug-likeness (QED) is 0.129. The number of esters is 2. The Kier molecular flexibility index (Phi) is 11.5. The lowest BCUT2D eigenvalue weighted by Gasteiger charge is -2.65. The first-order valence-electron chi connectivity index (χ1n) is 22.6. The summed E-state index contributed by atoms with van der Waals surface area (Å²) in [6, 6.07) is 0. The molecule has 348 valence electrons. The lowest BCUT2D eigenvalue weighted by Crippen LogP contribution is -2.65. The second kappa shape index (κ2) is 15.3. The van der Waals surface area contributed by atoms with Crippen LogP contribution in [0, 0.1) is 44.8 Å². The summed E-state index contributed by atoms with van der Waals surface area (Å²) in [5.74, 6) is -1.60. The molecule has 8 fully saturated rings. The van der Waals surface area contributed by atoms with E-state index >= 15 is 0 Å². The van der Waals surface area contributed by atoms with Gasteiger partial charge >= 0.3 is 11.9 Å². The standard InChI is InChI=1S/C45H72O16/c1-21(47)56-26-19-55-37(33(53)34(26)57-22(2)48)60-28-11-13-45-20-44(45)15-14-41(7)35(43(9)12-10-29(61-43)40(5,6)54)23(49)17-42(41,8)27(44)16-24(36(45)39(28,3)4)58-38-32(52)31(51)30(50)25(18-46)59-38/h23-38,46,49-54H,10-20H2,1-9H3/t23-,24-,25+,26+,27?,28-,29-,30+,31-,32+,33+,34-,35-,36?,37-,38+,41+,42-,43-,44?,45+/m0/s1. The Morgan fingerprint density at radius 3 is 2.07 bits per heavy atom. The molecular formula is C45H72O16. The van der Waals surface area contributed by atoms with Crippen LogP contribution in [0.1, 0.15) is 120 Å². The van der Waals surface area contributed by atoms with E-state index in [2.05, 4.69) is 34.6 Å². The molecule has 16 heteroatoms. The molecular weight excluding hydrogens is 796 g/mol. The van der Waals surface area contributed by atoms with Crippen LogP contribution in [0.15, 0.2) is 0 Å². The molecule has 5 aliphatic carbocycles.